The summed E-state index contributed by atoms with van der Waals surface area (Å²) in [7, 11) is 1.74. The van der Waals surface area contributed by atoms with Crippen molar-refractivity contribution in [3.05, 3.63) is 29.3 Å². The van der Waals surface area contributed by atoms with Crippen LogP contribution in [0.4, 0.5) is 0 Å². The van der Waals surface area contributed by atoms with Crippen molar-refractivity contribution >= 4 is 0 Å². The van der Waals surface area contributed by atoms with Crippen LogP contribution in [0.5, 0.6) is 5.75 Å². The maximum Gasteiger partial charge on any atom is 0.131 e. The van der Waals surface area contributed by atoms with Crippen molar-refractivity contribution in [2.45, 2.75) is 69.8 Å². The summed E-state index contributed by atoms with van der Waals surface area (Å²) in [5.74, 6) is 5.67. The molecule has 0 bridgehead atoms. The van der Waals surface area contributed by atoms with Crippen molar-refractivity contribution in [2.24, 2.45) is 17.3 Å². The van der Waals surface area contributed by atoms with Gasteiger partial charge in [0.05, 0.1) is 7.11 Å². The number of hydrogen-bond donors (Lipinski definition) is 1. The van der Waals surface area contributed by atoms with Gasteiger partial charge >= 0.3 is 0 Å². The molecule has 0 radical (unpaired) electrons. The molecule has 2 fully saturated rings. The predicted octanol–water partition coefficient (Wildman–Crippen LogP) is 4.70. The summed E-state index contributed by atoms with van der Waals surface area (Å²) in [6, 6.07) is 6.63. The van der Waals surface area contributed by atoms with Gasteiger partial charge in [-0.25, -0.2) is 0 Å². The Kier molecular flexibility index (Phi) is 4.12. The lowest BCUT2D eigenvalue weighted by Crippen LogP contribution is -2.51. The largest absolute Gasteiger partial charge is 0.497 e. The molecule has 3 aliphatic carbocycles. The van der Waals surface area contributed by atoms with E-state index in [2.05, 4.69) is 31.0 Å². The van der Waals surface area contributed by atoms with Gasteiger partial charge in [-0.2, -0.15) is 0 Å². The molecule has 0 saturated heterocycles. The van der Waals surface area contributed by atoms with Gasteiger partial charge in [0.15, 0.2) is 0 Å². The molecule has 1 N–H and O–H groups in total. The van der Waals surface area contributed by atoms with Gasteiger partial charge in [-0.1, -0.05) is 25.3 Å². The van der Waals surface area contributed by atoms with Crippen LogP contribution in [0.25, 0.3) is 0 Å². The third kappa shape index (κ3) is 2.28. The van der Waals surface area contributed by atoms with Crippen LogP contribution in [-0.2, 0) is 6.42 Å². The first-order valence-corrected chi connectivity index (χ1v) is 9.95. The normalized spacial score (nSPS) is 39.0. The molecule has 0 aliphatic heterocycles. The summed E-state index contributed by atoms with van der Waals surface area (Å²) in [6.07, 6.45) is 14.5. The third-order valence-corrected chi connectivity index (χ3v) is 7.72. The zero-order chi connectivity index (χ0) is 17.7. The molecule has 2 saturated carbocycles. The number of benzene rings is 1. The Morgan fingerprint density at radius 3 is 2.84 bits per heavy atom. The fourth-order valence-electron chi connectivity index (χ4n) is 6.70. The van der Waals surface area contributed by atoms with Gasteiger partial charge in [0.2, 0.25) is 0 Å². The minimum atomic E-state index is -0.890. The minimum absolute atomic E-state index is 0.0539. The minimum Gasteiger partial charge on any atom is -0.497 e. The van der Waals surface area contributed by atoms with E-state index in [0.717, 1.165) is 50.7 Å². The van der Waals surface area contributed by atoms with Gasteiger partial charge in [0.25, 0.3) is 0 Å². The molecule has 0 unspecified atom stereocenters. The first-order chi connectivity index (χ1) is 12.1. The molecule has 0 aromatic heterocycles. The van der Waals surface area contributed by atoms with E-state index in [9.17, 15) is 5.11 Å². The third-order valence-electron chi connectivity index (χ3n) is 7.72. The summed E-state index contributed by atoms with van der Waals surface area (Å²) in [5, 5.41) is 11.3. The number of fused-ring (bicyclic) bond motifs is 5. The van der Waals surface area contributed by atoms with Crippen molar-refractivity contribution in [1.82, 2.24) is 0 Å². The topological polar surface area (TPSA) is 29.5 Å². The highest BCUT2D eigenvalue weighted by Gasteiger charge is 2.62. The Hall–Kier alpha value is -1.46. The van der Waals surface area contributed by atoms with Crippen molar-refractivity contribution < 1.29 is 9.84 Å². The number of methoxy groups -OCH3 is 1. The Morgan fingerprint density at radius 2 is 2.12 bits per heavy atom. The van der Waals surface area contributed by atoms with Crippen LogP contribution in [0.15, 0.2) is 18.2 Å². The lowest BCUT2D eigenvalue weighted by Gasteiger charge is -2.54. The molecule has 2 heteroatoms. The van der Waals surface area contributed by atoms with Crippen molar-refractivity contribution in [1.29, 1.82) is 0 Å². The molecular formula is C23H30O2. The van der Waals surface area contributed by atoms with Crippen LogP contribution in [0, 0.1) is 29.6 Å². The average Bonchev–Trinajstić information content (AvgIpc) is 2.94. The van der Waals surface area contributed by atoms with Gasteiger partial charge < -0.3 is 9.84 Å². The average molecular weight is 338 g/mol. The Morgan fingerprint density at radius 1 is 1.28 bits per heavy atom. The van der Waals surface area contributed by atoms with E-state index in [1.54, 1.807) is 7.11 Å². The Bertz CT molecular complexity index is 703. The van der Waals surface area contributed by atoms with Crippen LogP contribution >= 0.6 is 0 Å². The van der Waals surface area contributed by atoms with Crippen molar-refractivity contribution in [3.63, 3.8) is 0 Å². The number of rotatable bonds is 3. The quantitative estimate of drug-likeness (QED) is 0.810. The highest BCUT2D eigenvalue weighted by molar-refractivity contribution is 5.41. The second-order valence-corrected chi connectivity index (χ2v) is 8.47. The molecule has 2 nitrogen and oxygen atoms in total. The summed E-state index contributed by atoms with van der Waals surface area (Å²) < 4.78 is 5.42. The van der Waals surface area contributed by atoms with E-state index < -0.39 is 5.60 Å². The fourth-order valence-corrected chi connectivity index (χ4v) is 6.70. The van der Waals surface area contributed by atoms with Crippen LogP contribution in [-0.4, -0.2) is 17.8 Å². The lowest BCUT2D eigenvalue weighted by molar-refractivity contribution is -0.0831. The van der Waals surface area contributed by atoms with Crippen molar-refractivity contribution in [3.8, 4) is 18.1 Å². The van der Waals surface area contributed by atoms with Crippen molar-refractivity contribution in [2.75, 3.05) is 7.11 Å². The van der Waals surface area contributed by atoms with E-state index in [1.807, 2.05) is 0 Å². The summed E-state index contributed by atoms with van der Waals surface area (Å²) >= 11 is 0. The first-order valence-electron chi connectivity index (χ1n) is 9.95. The number of hydrogen-bond acceptors (Lipinski definition) is 2. The second kappa shape index (κ2) is 6.06. The van der Waals surface area contributed by atoms with E-state index in [1.165, 1.54) is 17.5 Å². The van der Waals surface area contributed by atoms with Gasteiger partial charge in [-0.3, -0.25) is 0 Å². The standard InChI is InChI=1S/C23H30O2/c1-4-12-22-13-10-19-18-9-7-17(25-3)15-16(18)6-8-20(19)21(22)11-14-23(22,24)5-2/h2,7,9,15,19-21,24H,4,6,8,10-14H2,1,3H3/t19-,20-,21+,22+,23+/m1/s1. The number of aryl methyl sites for hydroxylation is 1. The monoisotopic (exact) mass is 338 g/mol. The number of ether oxygens (including phenoxy) is 1. The smallest absolute Gasteiger partial charge is 0.131 e. The molecule has 4 rings (SSSR count). The molecule has 134 valence electrons. The molecule has 1 aromatic rings. The van der Waals surface area contributed by atoms with Gasteiger partial charge in [-0.05, 0) is 86.0 Å². The highest BCUT2D eigenvalue weighted by Crippen LogP contribution is 2.66. The summed E-state index contributed by atoms with van der Waals surface area (Å²) in [4.78, 5) is 0. The van der Waals surface area contributed by atoms with Gasteiger partial charge in [0.1, 0.15) is 11.4 Å². The number of terminal acetylenes is 1. The SMILES string of the molecule is C#C[C@]1(O)CC[C@H]2[C@@H]3CCc4cc(OC)ccc4[C@H]3CC[C@@]21CCC. The second-order valence-electron chi connectivity index (χ2n) is 8.47. The molecule has 3 aliphatic rings. The zero-order valence-electron chi connectivity index (χ0n) is 15.6. The van der Waals surface area contributed by atoms with Crippen LogP contribution in [0.1, 0.15) is 68.9 Å². The predicted molar refractivity (Wildman–Crippen MR) is 101 cm³/mol. The van der Waals surface area contributed by atoms with Crippen LogP contribution in [0.3, 0.4) is 0 Å². The lowest BCUT2D eigenvalue weighted by atomic mass is 9.51. The van der Waals surface area contributed by atoms with E-state index in [0.29, 0.717) is 17.8 Å². The molecule has 25 heavy (non-hydrogen) atoms. The van der Waals surface area contributed by atoms with Crippen LogP contribution < -0.4 is 4.74 Å². The van der Waals surface area contributed by atoms with Gasteiger partial charge in [-0.15, -0.1) is 6.42 Å². The maximum absolute atomic E-state index is 11.3. The summed E-state index contributed by atoms with van der Waals surface area (Å²) in [5.41, 5.74) is 2.05. The van der Waals surface area contributed by atoms with E-state index in [4.69, 9.17) is 11.2 Å². The highest BCUT2D eigenvalue weighted by atomic mass is 16.5. The fraction of sp³-hybridized carbons (Fsp3) is 0.652. The Labute approximate surface area is 152 Å². The molecule has 0 heterocycles. The van der Waals surface area contributed by atoms with E-state index >= 15 is 0 Å². The zero-order valence-corrected chi connectivity index (χ0v) is 15.6. The molecule has 5 atom stereocenters. The van der Waals surface area contributed by atoms with Crippen LogP contribution in [0.2, 0.25) is 0 Å². The maximum atomic E-state index is 11.3. The van der Waals surface area contributed by atoms with E-state index in [-0.39, 0.29) is 5.41 Å². The molecule has 0 spiro atoms. The molecule has 1 aromatic carbocycles. The summed E-state index contributed by atoms with van der Waals surface area (Å²) in [6.45, 7) is 2.23. The Balaban J connectivity index is 1.71. The molecular weight excluding hydrogens is 308 g/mol. The number of aliphatic hydroxyl groups is 1. The van der Waals surface area contributed by atoms with Gasteiger partial charge in [0, 0.05) is 5.41 Å². The molecule has 0 amide bonds. The first kappa shape index (κ1) is 17.0.